The van der Waals surface area contributed by atoms with Gasteiger partial charge in [0, 0.05) is 24.2 Å². The van der Waals surface area contributed by atoms with Gasteiger partial charge in [0.15, 0.2) is 17.4 Å². The highest BCUT2D eigenvalue weighted by molar-refractivity contribution is 7.80. The number of carbonyl (C=O) groups excluding carboxylic acids is 1. The molecule has 0 aliphatic heterocycles. The Morgan fingerprint density at radius 3 is 2.21 bits per heavy atom. The highest BCUT2D eigenvalue weighted by Gasteiger charge is 2.32. The molecule has 1 atom stereocenters. The van der Waals surface area contributed by atoms with E-state index < -0.39 is 6.04 Å². The maximum Gasteiger partial charge on any atom is 0.270 e. The number of hydrogen-bond donors (Lipinski definition) is 1. The van der Waals surface area contributed by atoms with Crippen LogP contribution in [0.2, 0.25) is 0 Å². The molecule has 0 amide bonds. The Kier molecular flexibility index (Phi) is 7.09. The lowest BCUT2D eigenvalue weighted by atomic mass is 10.0. The first-order valence-corrected chi connectivity index (χ1v) is 10.0. The minimum Gasteiger partial charge on any atom is -0.497 e. The first-order chi connectivity index (χ1) is 14.1. The third-order valence-corrected chi connectivity index (χ3v) is 5.17. The van der Waals surface area contributed by atoms with Crippen molar-refractivity contribution in [2.24, 2.45) is 0 Å². The number of methoxy groups -OCH3 is 1. The van der Waals surface area contributed by atoms with E-state index in [4.69, 9.17) is 17.0 Å². The number of benzene rings is 2. The van der Waals surface area contributed by atoms with Crippen molar-refractivity contribution in [2.45, 2.75) is 25.9 Å². The van der Waals surface area contributed by atoms with Gasteiger partial charge < -0.3 is 10.1 Å². The molecule has 0 fully saturated rings. The zero-order valence-corrected chi connectivity index (χ0v) is 17.5. The smallest absolute Gasteiger partial charge is 0.270 e. The van der Waals surface area contributed by atoms with E-state index in [1.807, 2.05) is 83.7 Å². The van der Waals surface area contributed by atoms with Gasteiger partial charge in [-0.3, -0.25) is 4.79 Å². The summed E-state index contributed by atoms with van der Waals surface area (Å²) < 4.78 is 7.04. The number of carbonyl (C=O) groups is 1. The van der Waals surface area contributed by atoms with E-state index in [-0.39, 0.29) is 5.78 Å². The molecule has 0 unspecified atom stereocenters. The number of ketones is 1. The van der Waals surface area contributed by atoms with Gasteiger partial charge in [0.25, 0.3) is 6.04 Å². The summed E-state index contributed by atoms with van der Waals surface area (Å²) in [6.07, 6.45) is 4.67. The summed E-state index contributed by atoms with van der Waals surface area (Å²) in [5.41, 5.74) is 2.91. The number of pyridine rings is 1. The van der Waals surface area contributed by atoms with Gasteiger partial charge in [0.1, 0.15) is 5.75 Å². The van der Waals surface area contributed by atoms with Crippen LogP contribution in [-0.4, -0.2) is 17.9 Å². The minimum atomic E-state index is -0.600. The van der Waals surface area contributed by atoms with Crippen LogP contribution >= 0.6 is 12.2 Å². The monoisotopic (exact) mass is 405 g/mol. The summed E-state index contributed by atoms with van der Waals surface area (Å²) in [7, 11) is 1.64. The van der Waals surface area contributed by atoms with Gasteiger partial charge in [0.05, 0.1) is 7.11 Å². The fourth-order valence-electron chi connectivity index (χ4n) is 3.07. The number of aryl methyl sites for hydroxylation is 1. The summed E-state index contributed by atoms with van der Waals surface area (Å²) in [6, 6.07) is 20.6. The van der Waals surface area contributed by atoms with Crippen LogP contribution in [0.25, 0.3) is 0 Å². The van der Waals surface area contributed by atoms with Crippen molar-refractivity contribution < 1.29 is 14.1 Å². The summed E-state index contributed by atoms with van der Waals surface area (Å²) in [6.45, 7) is 2.63. The summed E-state index contributed by atoms with van der Waals surface area (Å²) >= 11 is 5.65. The van der Waals surface area contributed by atoms with Gasteiger partial charge in [-0.15, -0.1) is 0 Å². The Balaban J connectivity index is 1.80. The number of nitrogens with zero attached hydrogens (tertiary/aromatic N) is 1. The lowest BCUT2D eigenvalue weighted by Gasteiger charge is -2.15. The fraction of sp³-hybridized carbons (Fsp3) is 0.208. The maximum absolute atomic E-state index is 13.3. The zero-order valence-electron chi connectivity index (χ0n) is 16.7. The molecule has 0 spiro atoms. The third-order valence-electron chi connectivity index (χ3n) is 4.81. The molecule has 4 nitrogen and oxygen atoms in total. The molecule has 5 heteroatoms. The minimum absolute atomic E-state index is 0.0314. The van der Waals surface area contributed by atoms with E-state index in [0.717, 1.165) is 17.7 Å². The molecule has 1 heterocycles. The van der Waals surface area contributed by atoms with Crippen molar-refractivity contribution in [3.63, 3.8) is 0 Å². The van der Waals surface area contributed by atoms with E-state index in [0.29, 0.717) is 17.1 Å². The third kappa shape index (κ3) is 5.27. The molecule has 1 N–H and O–H groups in total. The molecule has 0 saturated carbocycles. The highest BCUT2D eigenvalue weighted by atomic mass is 32.1. The van der Waals surface area contributed by atoms with Crippen LogP contribution < -0.4 is 14.6 Å². The van der Waals surface area contributed by atoms with Crippen LogP contribution in [0.3, 0.4) is 0 Å². The van der Waals surface area contributed by atoms with Crippen molar-refractivity contribution in [2.75, 3.05) is 7.11 Å². The van der Waals surface area contributed by atoms with Crippen molar-refractivity contribution in [1.82, 2.24) is 5.32 Å². The lowest BCUT2D eigenvalue weighted by molar-refractivity contribution is -0.692. The topological polar surface area (TPSA) is 42.2 Å². The van der Waals surface area contributed by atoms with Gasteiger partial charge in [-0.25, -0.2) is 0 Å². The quantitative estimate of drug-likeness (QED) is 0.348. The summed E-state index contributed by atoms with van der Waals surface area (Å²) in [5.74, 6) is 0.774. The van der Waals surface area contributed by atoms with Gasteiger partial charge >= 0.3 is 0 Å². The predicted molar refractivity (Wildman–Crippen MR) is 118 cm³/mol. The molecular formula is C24H25N2O2S+. The van der Waals surface area contributed by atoms with Crippen molar-refractivity contribution in [1.29, 1.82) is 0 Å². The molecule has 29 heavy (non-hydrogen) atoms. The Labute approximate surface area is 177 Å². The molecule has 2 aromatic carbocycles. The second-order valence-electron chi connectivity index (χ2n) is 6.71. The average Bonchev–Trinajstić information content (AvgIpc) is 2.79. The maximum atomic E-state index is 13.3. The first-order valence-electron chi connectivity index (χ1n) is 9.62. The van der Waals surface area contributed by atoms with E-state index in [9.17, 15) is 4.79 Å². The standard InChI is InChI=1S/C24H24N2O2S/c1-3-18-7-11-20(12-8-18)23(27)22(26-15-5-4-6-16-26)24(29)25-17-19-9-13-21(28-2)14-10-19/h4-16,22H,3,17H2,1-2H3/p+1/t22-/m0/s1. The fourth-order valence-corrected chi connectivity index (χ4v) is 3.37. The molecular weight excluding hydrogens is 380 g/mol. The number of rotatable bonds is 8. The molecule has 0 bridgehead atoms. The van der Waals surface area contributed by atoms with Crippen molar-refractivity contribution in [3.8, 4) is 5.75 Å². The van der Waals surface area contributed by atoms with E-state index in [1.54, 1.807) is 7.11 Å². The second-order valence-corrected chi connectivity index (χ2v) is 7.15. The van der Waals surface area contributed by atoms with E-state index >= 15 is 0 Å². The van der Waals surface area contributed by atoms with E-state index in [2.05, 4.69) is 12.2 Å². The second kappa shape index (κ2) is 9.94. The van der Waals surface area contributed by atoms with Gasteiger partial charge in [-0.2, -0.15) is 4.57 Å². The Morgan fingerprint density at radius 2 is 1.62 bits per heavy atom. The number of ether oxygens (including phenoxy) is 1. The lowest BCUT2D eigenvalue weighted by Crippen LogP contribution is -2.51. The number of hydrogen-bond acceptors (Lipinski definition) is 3. The molecule has 1 aromatic heterocycles. The normalized spacial score (nSPS) is 11.5. The average molecular weight is 406 g/mol. The first kappa shape index (κ1) is 20.7. The Morgan fingerprint density at radius 1 is 1.00 bits per heavy atom. The zero-order chi connectivity index (χ0) is 20.6. The molecule has 148 valence electrons. The summed E-state index contributed by atoms with van der Waals surface area (Å²) in [4.78, 5) is 13.8. The van der Waals surface area contributed by atoms with Crippen molar-refractivity contribution >= 4 is 23.0 Å². The molecule has 0 aliphatic rings. The molecule has 3 rings (SSSR count). The van der Waals surface area contributed by atoms with Crippen LogP contribution in [0.5, 0.6) is 5.75 Å². The van der Waals surface area contributed by atoms with Crippen LogP contribution in [0.1, 0.15) is 34.5 Å². The Bertz CT molecular complexity index is 954. The van der Waals surface area contributed by atoms with Crippen LogP contribution in [0.15, 0.2) is 79.1 Å². The molecule has 3 aromatic rings. The molecule has 0 saturated heterocycles. The number of thiocarbonyl (C=S) groups is 1. The Hall–Kier alpha value is -3.05. The SMILES string of the molecule is CCc1ccc(C(=O)[C@@H](C(=S)NCc2ccc(OC)cc2)[n+]2ccccc2)cc1. The van der Waals surface area contributed by atoms with E-state index in [1.165, 1.54) is 5.56 Å². The van der Waals surface area contributed by atoms with Gasteiger partial charge in [-0.1, -0.05) is 61.6 Å². The number of Topliss-reactive ketones (excluding diaryl/α,β-unsaturated/α-hetero) is 1. The predicted octanol–water partition coefficient (Wildman–Crippen LogP) is 4.09. The molecule has 0 radical (unpaired) electrons. The molecule has 0 aliphatic carbocycles. The van der Waals surface area contributed by atoms with Crippen LogP contribution in [-0.2, 0) is 13.0 Å². The number of nitrogens with one attached hydrogen (secondary N) is 1. The summed E-state index contributed by atoms with van der Waals surface area (Å²) in [5, 5.41) is 3.26. The number of aromatic nitrogens is 1. The largest absolute Gasteiger partial charge is 0.497 e. The van der Waals surface area contributed by atoms with Crippen LogP contribution in [0.4, 0.5) is 0 Å². The van der Waals surface area contributed by atoms with Crippen LogP contribution in [0, 0.1) is 0 Å². The van der Waals surface area contributed by atoms with Crippen molar-refractivity contribution in [3.05, 3.63) is 95.8 Å². The highest BCUT2D eigenvalue weighted by Crippen LogP contribution is 2.14. The van der Waals surface area contributed by atoms with Gasteiger partial charge in [0.2, 0.25) is 5.78 Å². The van der Waals surface area contributed by atoms with Gasteiger partial charge in [-0.05, 0) is 29.7 Å².